The lowest BCUT2D eigenvalue weighted by Gasteiger charge is -1.97. The van der Waals surface area contributed by atoms with Crippen LogP contribution in [0.1, 0.15) is 12.5 Å². The third-order valence-corrected chi connectivity index (χ3v) is 6.04. The van der Waals surface area contributed by atoms with Crippen molar-refractivity contribution in [3.8, 4) is 22.0 Å². The van der Waals surface area contributed by atoms with E-state index in [4.69, 9.17) is 4.98 Å². The van der Waals surface area contributed by atoms with E-state index < -0.39 is 0 Å². The van der Waals surface area contributed by atoms with Crippen molar-refractivity contribution in [3.05, 3.63) is 70.1 Å². The molecule has 1 aromatic carbocycles. The molecule has 8 heteroatoms. The molecule has 0 saturated heterocycles. The van der Waals surface area contributed by atoms with Gasteiger partial charge in [0.1, 0.15) is 5.69 Å². The first-order chi connectivity index (χ1) is 15.0. The monoisotopic (exact) mass is 430 g/mol. The molecule has 0 atom stereocenters. The van der Waals surface area contributed by atoms with Gasteiger partial charge < -0.3 is 4.98 Å². The Morgan fingerprint density at radius 1 is 1.26 bits per heavy atom. The Labute approximate surface area is 181 Å². The molecule has 0 unspecified atom stereocenters. The van der Waals surface area contributed by atoms with Crippen molar-refractivity contribution >= 4 is 40.6 Å². The van der Waals surface area contributed by atoms with Crippen LogP contribution in [-0.2, 0) is 7.05 Å². The molecule has 31 heavy (non-hydrogen) atoms. The van der Waals surface area contributed by atoms with E-state index >= 15 is 0 Å². The van der Waals surface area contributed by atoms with Gasteiger partial charge in [0.25, 0.3) is 0 Å². The van der Waals surface area contributed by atoms with Crippen LogP contribution in [0.3, 0.4) is 0 Å². The summed E-state index contributed by atoms with van der Waals surface area (Å²) in [5.74, 6) is 0.619. The van der Waals surface area contributed by atoms with Crippen LogP contribution < -0.4 is 10.6 Å². The van der Waals surface area contributed by atoms with E-state index in [0.29, 0.717) is 11.5 Å². The number of imidazole rings is 1. The number of hydrogen-bond acceptors (Lipinski definition) is 4. The summed E-state index contributed by atoms with van der Waals surface area (Å²) in [4.78, 5) is 8.90. The number of fused-ring (bicyclic) bond motifs is 1. The van der Waals surface area contributed by atoms with Crippen molar-refractivity contribution in [2.45, 2.75) is 6.92 Å². The molecule has 0 fully saturated rings. The highest BCUT2D eigenvalue weighted by atomic mass is 32.1. The van der Waals surface area contributed by atoms with Gasteiger partial charge in [-0.2, -0.15) is 14.6 Å². The van der Waals surface area contributed by atoms with E-state index in [9.17, 15) is 4.39 Å². The molecule has 6 nitrogen and oxygen atoms in total. The zero-order valence-electron chi connectivity index (χ0n) is 17.0. The number of para-hydroxylation sites is 1. The zero-order valence-corrected chi connectivity index (χ0v) is 17.8. The Balaban J connectivity index is 1.55. The molecule has 5 rings (SSSR count). The molecule has 0 spiro atoms. The van der Waals surface area contributed by atoms with E-state index in [1.54, 1.807) is 10.7 Å². The van der Waals surface area contributed by atoms with Gasteiger partial charge in [0.15, 0.2) is 11.0 Å². The van der Waals surface area contributed by atoms with Crippen molar-refractivity contribution in [1.29, 1.82) is 0 Å². The summed E-state index contributed by atoms with van der Waals surface area (Å²) < 4.78 is 15.3. The summed E-state index contributed by atoms with van der Waals surface area (Å²) >= 11 is 1.10. The normalized spacial score (nSPS) is 12.9. The lowest BCUT2D eigenvalue weighted by molar-refractivity contribution is 0.657. The highest BCUT2D eigenvalue weighted by molar-refractivity contribution is 7.14. The summed E-state index contributed by atoms with van der Waals surface area (Å²) in [5.41, 5.74) is 5.32. The van der Waals surface area contributed by atoms with E-state index in [1.165, 1.54) is 6.07 Å². The predicted molar refractivity (Wildman–Crippen MR) is 123 cm³/mol. The number of benzene rings is 1. The molecule has 2 N–H and O–H groups in total. The third kappa shape index (κ3) is 3.51. The maximum Gasteiger partial charge on any atom is 0.176 e. The number of aromatic amines is 2. The fraction of sp³-hybridized carbons (Fsp3) is 0.0870. The number of nitrogens with one attached hydrogen (secondary N) is 2. The summed E-state index contributed by atoms with van der Waals surface area (Å²) in [7, 11) is 1.89. The van der Waals surface area contributed by atoms with Crippen LogP contribution in [0.4, 0.5) is 4.39 Å². The van der Waals surface area contributed by atoms with Crippen molar-refractivity contribution in [1.82, 2.24) is 29.9 Å². The lowest BCUT2D eigenvalue weighted by Crippen LogP contribution is -2.21. The van der Waals surface area contributed by atoms with Gasteiger partial charge in [-0.1, -0.05) is 24.8 Å². The number of thiophene rings is 1. The van der Waals surface area contributed by atoms with Crippen LogP contribution in [0.2, 0.25) is 0 Å². The molecule has 0 aliphatic rings. The summed E-state index contributed by atoms with van der Waals surface area (Å²) in [5, 5.41) is 13.0. The van der Waals surface area contributed by atoms with Crippen LogP contribution in [-0.4, -0.2) is 29.9 Å². The number of aryl methyl sites for hydroxylation is 1. The third-order valence-electron chi connectivity index (χ3n) is 5.14. The largest absolute Gasteiger partial charge is 0.337 e. The quantitative estimate of drug-likeness (QED) is 0.455. The molecule has 5 aromatic rings. The van der Waals surface area contributed by atoms with Crippen molar-refractivity contribution in [2.75, 3.05) is 0 Å². The van der Waals surface area contributed by atoms with E-state index in [1.807, 2.05) is 56.7 Å². The minimum atomic E-state index is -0.218. The molecule has 0 aliphatic carbocycles. The summed E-state index contributed by atoms with van der Waals surface area (Å²) in [6.07, 6.45) is 7.75. The van der Waals surface area contributed by atoms with Gasteiger partial charge in [0.2, 0.25) is 0 Å². The maximum absolute atomic E-state index is 13.5. The highest BCUT2D eigenvalue weighted by Gasteiger charge is 2.14. The number of nitrogens with zero attached hydrogens (tertiary/aromatic N) is 4. The minimum absolute atomic E-state index is 0.218. The Morgan fingerprint density at radius 3 is 2.87 bits per heavy atom. The zero-order chi connectivity index (χ0) is 21.5. The fourth-order valence-electron chi connectivity index (χ4n) is 3.44. The van der Waals surface area contributed by atoms with Gasteiger partial charge in [0.05, 0.1) is 22.6 Å². The first-order valence-electron chi connectivity index (χ1n) is 9.65. The molecule has 154 valence electrons. The molecular formula is C23H19FN6S. The van der Waals surface area contributed by atoms with E-state index in [2.05, 4.69) is 26.9 Å². The lowest BCUT2D eigenvalue weighted by atomic mass is 10.1. The highest BCUT2D eigenvalue weighted by Crippen LogP contribution is 2.32. The molecule has 0 amide bonds. The van der Waals surface area contributed by atoms with Crippen LogP contribution >= 0.6 is 11.3 Å². The summed E-state index contributed by atoms with van der Waals surface area (Å²) in [6, 6.07) is 9.06. The van der Waals surface area contributed by atoms with E-state index in [-0.39, 0.29) is 5.13 Å². The van der Waals surface area contributed by atoms with Crippen LogP contribution in [0, 0.1) is 5.13 Å². The van der Waals surface area contributed by atoms with Crippen LogP contribution in [0.15, 0.2) is 48.8 Å². The van der Waals surface area contributed by atoms with Crippen molar-refractivity contribution in [3.63, 3.8) is 0 Å². The predicted octanol–water partition coefficient (Wildman–Crippen LogP) is 3.85. The Morgan fingerprint density at radius 2 is 2.13 bits per heavy atom. The first-order valence-corrected chi connectivity index (χ1v) is 10.5. The van der Waals surface area contributed by atoms with Gasteiger partial charge in [-0.15, -0.1) is 11.3 Å². The molecule has 4 heterocycles. The second-order valence-corrected chi connectivity index (χ2v) is 8.31. The molecule has 0 saturated carbocycles. The Hall–Kier alpha value is -3.78. The second kappa shape index (κ2) is 7.48. The number of H-pyrrole nitrogens is 2. The topological polar surface area (TPSA) is 75.2 Å². The smallest absolute Gasteiger partial charge is 0.176 e. The molecule has 0 radical (unpaired) electrons. The van der Waals surface area contributed by atoms with Crippen LogP contribution in [0.5, 0.6) is 0 Å². The number of aromatic nitrogens is 6. The maximum atomic E-state index is 13.5. The molecule has 0 aliphatic heterocycles. The van der Waals surface area contributed by atoms with Gasteiger partial charge in [0, 0.05) is 34.5 Å². The SMILES string of the molecule is C=c1c(-c2nc3c(-c4ccc(F)s4)cccc3[nH]2)n[nH]/c1=C/C=C(\C)c1cnn(C)c1. The van der Waals surface area contributed by atoms with Crippen molar-refractivity contribution in [2.24, 2.45) is 7.05 Å². The number of allylic oxidation sites excluding steroid dienone is 2. The first kappa shape index (κ1) is 19.2. The second-order valence-electron chi connectivity index (χ2n) is 7.27. The molecular weight excluding hydrogens is 411 g/mol. The average Bonchev–Trinajstić information content (AvgIpc) is 3.53. The van der Waals surface area contributed by atoms with Crippen molar-refractivity contribution < 1.29 is 4.39 Å². The minimum Gasteiger partial charge on any atom is -0.337 e. The summed E-state index contributed by atoms with van der Waals surface area (Å²) in [6.45, 7) is 6.22. The van der Waals surface area contributed by atoms with Gasteiger partial charge in [-0.25, -0.2) is 4.98 Å². The number of halogens is 1. The Kier molecular flexibility index (Phi) is 4.63. The van der Waals surface area contributed by atoms with Gasteiger partial charge in [-0.05, 0) is 36.8 Å². The molecule has 4 aromatic heterocycles. The standard InChI is InChI=1S/C23H19FN6S/c1-13(15-11-25-30(3)12-15)7-8-17-14(2)21(29-28-17)23-26-18-6-4-5-16(22(18)27-23)19-9-10-20(24)31-19/h4-12,28H,2H2,1,3H3,(H,26,27)/b13-7+,17-8+. The van der Waals surface area contributed by atoms with Gasteiger partial charge in [-0.3, -0.25) is 9.78 Å². The van der Waals surface area contributed by atoms with Gasteiger partial charge >= 0.3 is 0 Å². The average molecular weight is 431 g/mol. The Bertz CT molecular complexity index is 1550. The van der Waals surface area contributed by atoms with Crippen LogP contribution in [0.25, 0.3) is 51.2 Å². The fourth-order valence-corrected chi connectivity index (χ4v) is 4.20. The number of rotatable bonds is 4. The van der Waals surface area contributed by atoms with E-state index in [0.717, 1.165) is 54.5 Å². The molecule has 0 bridgehead atoms. The number of hydrogen-bond donors (Lipinski definition) is 2.